The standard InChI is InChI=1S/C17H12Cl2N2O4/c1-9(16(22)21-12-4-2-3-11(18)15(12)19)25-17(23)10-5-6-14-13(7-10)20-8-24-14/h2-9H,1H3,(H,21,22). The first-order valence-electron chi connectivity index (χ1n) is 7.25. The van der Waals surface area contributed by atoms with Crippen LogP contribution in [0, 0.1) is 0 Å². The maximum Gasteiger partial charge on any atom is 0.338 e. The number of esters is 1. The van der Waals surface area contributed by atoms with Crippen molar-refractivity contribution in [1.29, 1.82) is 0 Å². The predicted molar refractivity (Wildman–Crippen MR) is 94.0 cm³/mol. The van der Waals surface area contributed by atoms with Gasteiger partial charge in [-0.2, -0.15) is 0 Å². The van der Waals surface area contributed by atoms with Gasteiger partial charge in [0.15, 0.2) is 18.1 Å². The highest BCUT2D eigenvalue weighted by Crippen LogP contribution is 2.29. The van der Waals surface area contributed by atoms with Crippen molar-refractivity contribution in [3.63, 3.8) is 0 Å². The van der Waals surface area contributed by atoms with Crippen LogP contribution in [0.15, 0.2) is 47.2 Å². The van der Waals surface area contributed by atoms with Gasteiger partial charge in [-0.3, -0.25) is 4.79 Å². The number of fused-ring (bicyclic) bond motifs is 1. The molecule has 2 aromatic carbocycles. The quantitative estimate of drug-likeness (QED) is 0.683. The Labute approximate surface area is 152 Å². The zero-order chi connectivity index (χ0) is 18.0. The van der Waals surface area contributed by atoms with Crippen LogP contribution in [0.25, 0.3) is 11.1 Å². The average Bonchev–Trinajstić information content (AvgIpc) is 3.06. The number of anilines is 1. The van der Waals surface area contributed by atoms with Crippen LogP contribution in [0.2, 0.25) is 10.0 Å². The maximum absolute atomic E-state index is 12.2. The number of nitrogens with zero attached hydrogens (tertiary/aromatic N) is 1. The molecule has 0 radical (unpaired) electrons. The lowest BCUT2D eigenvalue weighted by Crippen LogP contribution is -2.30. The van der Waals surface area contributed by atoms with Gasteiger partial charge in [-0.15, -0.1) is 0 Å². The first-order valence-corrected chi connectivity index (χ1v) is 8.00. The molecule has 8 heteroatoms. The van der Waals surface area contributed by atoms with Gasteiger partial charge in [0, 0.05) is 0 Å². The number of hydrogen-bond acceptors (Lipinski definition) is 5. The molecule has 128 valence electrons. The van der Waals surface area contributed by atoms with Crippen LogP contribution in [-0.4, -0.2) is 23.0 Å². The molecular formula is C17H12Cl2N2O4. The predicted octanol–water partition coefficient (Wildman–Crippen LogP) is 4.32. The van der Waals surface area contributed by atoms with Crippen LogP contribution in [0.5, 0.6) is 0 Å². The molecule has 1 unspecified atom stereocenters. The summed E-state index contributed by atoms with van der Waals surface area (Å²) in [4.78, 5) is 28.4. The van der Waals surface area contributed by atoms with Crippen molar-refractivity contribution >= 4 is 51.9 Å². The highest BCUT2D eigenvalue weighted by molar-refractivity contribution is 6.44. The number of benzene rings is 2. The lowest BCUT2D eigenvalue weighted by molar-refractivity contribution is -0.123. The molecule has 1 atom stereocenters. The third-order valence-electron chi connectivity index (χ3n) is 3.43. The molecule has 0 saturated heterocycles. The van der Waals surface area contributed by atoms with Gasteiger partial charge in [0.2, 0.25) is 0 Å². The number of carbonyl (C=O) groups excluding carboxylic acids is 2. The molecule has 0 aliphatic carbocycles. The number of halogens is 2. The molecule has 1 aromatic heterocycles. The van der Waals surface area contributed by atoms with Crippen molar-refractivity contribution in [1.82, 2.24) is 4.98 Å². The van der Waals surface area contributed by atoms with Gasteiger partial charge in [0.25, 0.3) is 5.91 Å². The highest BCUT2D eigenvalue weighted by Gasteiger charge is 2.20. The van der Waals surface area contributed by atoms with Gasteiger partial charge < -0.3 is 14.5 Å². The summed E-state index contributed by atoms with van der Waals surface area (Å²) >= 11 is 11.9. The topological polar surface area (TPSA) is 81.4 Å². The molecule has 1 amide bonds. The Hall–Kier alpha value is -2.57. The molecule has 3 aromatic rings. The SMILES string of the molecule is CC(OC(=O)c1ccc2ocnc2c1)C(=O)Nc1cccc(Cl)c1Cl. The summed E-state index contributed by atoms with van der Waals surface area (Å²) in [6, 6.07) is 9.51. The normalized spacial score (nSPS) is 12.0. The van der Waals surface area contributed by atoms with E-state index in [1.807, 2.05) is 0 Å². The Morgan fingerprint density at radius 2 is 2.04 bits per heavy atom. The van der Waals surface area contributed by atoms with Crippen LogP contribution in [0.4, 0.5) is 5.69 Å². The number of hydrogen-bond donors (Lipinski definition) is 1. The van der Waals surface area contributed by atoms with Crippen molar-refractivity contribution in [3.8, 4) is 0 Å². The molecule has 1 heterocycles. The van der Waals surface area contributed by atoms with Gasteiger partial charge in [0.1, 0.15) is 5.52 Å². The van der Waals surface area contributed by atoms with E-state index in [-0.39, 0.29) is 10.6 Å². The minimum Gasteiger partial charge on any atom is -0.449 e. The van der Waals surface area contributed by atoms with E-state index in [0.717, 1.165) is 0 Å². The number of carbonyl (C=O) groups is 2. The Balaban J connectivity index is 1.68. The minimum atomic E-state index is -1.03. The molecule has 1 N–H and O–H groups in total. The molecule has 0 spiro atoms. The van der Waals surface area contributed by atoms with Crippen LogP contribution >= 0.6 is 23.2 Å². The number of oxazole rings is 1. The Kier molecular flexibility index (Phi) is 4.92. The van der Waals surface area contributed by atoms with Gasteiger partial charge in [-0.1, -0.05) is 29.3 Å². The summed E-state index contributed by atoms with van der Waals surface area (Å²) in [5.74, 6) is -1.18. The third kappa shape index (κ3) is 3.75. The second-order valence-corrected chi connectivity index (χ2v) is 5.96. The zero-order valence-electron chi connectivity index (χ0n) is 13.0. The summed E-state index contributed by atoms with van der Waals surface area (Å²) in [6.45, 7) is 1.46. The van der Waals surface area contributed by atoms with E-state index in [2.05, 4.69) is 10.3 Å². The molecular weight excluding hydrogens is 367 g/mol. The van der Waals surface area contributed by atoms with Crippen LogP contribution in [0.1, 0.15) is 17.3 Å². The lowest BCUT2D eigenvalue weighted by atomic mass is 10.2. The zero-order valence-corrected chi connectivity index (χ0v) is 14.5. The average molecular weight is 379 g/mol. The number of nitrogens with one attached hydrogen (secondary N) is 1. The van der Waals surface area contributed by atoms with Crippen molar-refractivity contribution in [2.45, 2.75) is 13.0 Å². The summed E-state index contributed by atoms with van der Waals surface area (Å²) in [7, 11) is 0. The van der Waals surface area contributed by atoms with E-state index in [1.165, 1.54) is 25.5 Å². The second kappa shape index (κ2) is 7.13. The number of amides is 1. The lowest BCUT2D eigenvalue weighted by Gasteiger charge is -2.14. The molecule has 0 fully saturated rings. The Morgan fingerprint density at radius 1 is 1.24 bits per heavy atom. The van der Waals surface area contributed by atoms with Crippen molar-refractivity contribution in [2.75, 3.05) is 5.32 Å². The molecule has 6 nitrogen and oxygen atoms in total. The molecule has 3 rings (SSSR count). The maximum atomic E-state index is 12.2. The first kappa shape index (κ1) is 17.3. The largest absolute Gasteiger partial charge is 0.449 e. The number of ether oxygens (including phenoxy) is 1. The van der Waals surface area contributed by atoms with Gasteiger partial charge in [-0.25, -0.2) is 9.78 Å². The summed E-state index contributed by atoms with van der Waals surface area (Å²) in [5.41, 5.74) is 1.68. The minimum absolute atomic E-state index is 0.215. The van der Waals surface area contributed by atoms with Gasteiger partial charge >= 0.3 is 5.97 Å². The summed E-state index contributed by atoms with van der Waals surface area (Å²) in [6.07, 6.45) is 0.250. The Morgan fingerprint density at radius 3 is 2.84 bits per heavy atom. The summed E-state index contributed by atoms with van der Waals surface area (Å²) in [5, 5.41) is 3.10. The van der Waals surface area contributed by atoms with Crippen molar-refractivity contribution in [2.24, 2.45) is 0 Å². The Bertz CT molecular complexity index is 955. The van der Waals surface area contributed by atoms with E-state index in [9.17, 15) is 9.59 Å². The van der Waals surface area contributed by atoms with E-state index in [0.29, 0.717) is 21.8 Å². The van der Waals surface area contributed by atoms with Crippen LogP contribution < -0.4 is 5.32 Å². The van der Waals surface area contributed by atoms with Crippen LogP contribution in [-0.2, 0) is 9.53 Å². The fourth-order valence-electron chi connectivity index (χ4n) is 2.10. The first-order chi connectivity index (χ1) is 12.0. The molecule has 25 heavy (non-hydrogen) atoms. The third-order valence-corrected chi connectivity index (χ3v) is 4.25. The summed E-state index contributed by atoms with van der Waals surface area (Å²) < 4.78 is 10.3. The molecule has 0 saturated carbocycles. The second-order valence-electron chi connectivity index (χ2n) is 5.17. The van der Waals surface area contributed by atoms with E-state index in [4.69, 9.17) is 32.4 Å². The molecule has 0 aliphatic heterocycles. The number of aromatic nitrogens is 1. The van der Waals surface area contributed by atoms with Gasteiger partial charge in [-0.05, 0) is 37.3 Å². The van der Waals surface area contributed by atoms with Crippen molar-refractivity contribution < 1.29 is 18.7 Å². The fourth-order valence-corrected chi connectivity index (χ4v) is 2.45. The van der Waals surface area contributed by atoms with E-state index < -0.39 is 18.0 Å². The number of rotatable bonds is 4. The van der Waals surface area contributed by atoms with Crippen molar-refractivity contribution in [3.05, 3.63) is 58.4 Å². The monoisotopic (exact) mass is 378 g/mol. The molecule has 0 aliphatic rings. The van der Waals surface area contributed by atoms with Gasteiger partial charge in [0.05, 0.1) is 21.3 Å². The van der Waals surface area contributed by atoms with Crippen LogP contribution in [0.3, 0.4) is 0 Å². The van der Waals surface area contributed by atoms with E-state index >= 15 is 0 Å². The smallest absolute Gasteiger partial charge is 0.338 e. The van der Waals surface area contributed by atoms with E-state index in [1.54, 1.807) is 24.3 Å². The highest BCUT2D eigenvalue weighted by atomic mass is 35.5. The fraction of sp³-hybridized carbons (Fsp3) is 0.118. The molecule has 0 bridgehead atoms.